The van der Waals surface area contributed by atoms with E-state index in [1.165, 1.54) is 12.1 Å². The Labute approximate surface area is 215 Å². The molecule has 0 aliphatic heterocycles. The summed E-state index contributed by atoms with van der Waals surface area (Å²) >= 11 is 0. The Morgan fingerprint density at radius 2 is 1.30 bits per heavy atom. The van der Waals surface area contributed by atoms with Crippen LogP contribution in [0.25, 0.3) is 0 Å². The van der Waals surface area contributed by atoms with Crippen molar-refractivity contribution in [2.24, 2.45) is 0 Å². The number of hydrogen-bond acceptors (Lipinski definition) is 7. The molecule has 1 heterocycles. The van der Waals surface area contributed by atoms with Gasteiger partial charge >= 0.3 is 0 Å². The number of carbonyl (C=O) groups excluding carboxylic acids is 2. The fourth-order valence-corrected chi connectivity index (χ4v) is 4.26. The molecule has 0 saturated heterocycles. The second-order valence-corrected chi connectivity index (χ2v) is 8.06. The van der Waals surface area contributed by atoms with Crippen LogP contribution in [0.1, 0.15) is 37.7 Å². The van der Waals surface area contributed by atoms with Crippen LogP contribution in [-0.2, 0) is 10.3 Å². The molecule has 37 heavy (non-hydrogen) atoms. The normalized spacial score (nSPS) is 11.0. The average Bonchev–Trinajstić information content (AvgIpc) is 2.97. The van der Waals surface area contributed by atoms with E-state index >= 15 is 0 Å². The maximum absolute atomic E-state index is 11.2. The highest BCUT2D eigenvalue weighted by Gasteiger charge is 2.40. The number of rotatable bonds is 12. The van der Waals surface area contributed by atoms with E-state index < -0.39 is 5.60 Å². The fraction of sp³-hybridized carbons (Fsp3) is 0.167. The highest BCUT2D eigenvalue weighted by molar-refractivity contribution is 5.78. The summed E-state index contributed by atoms with van der Waals surface area (Å²) in [4.78, 5) is 26.3. The van der Waals surface area contributed by atoms with Crippen LogP contribution in [0, 0.1) is 0 Å². The third-order valence-corrected chi connectivity index (χ3v) is 5.90. The SMILES string of the molecule is COc1ccc(C(OCCOc2cc(C=O)nc(C=O)c2)(c2ccccc2)c2ccccc2)c(OC)c1. The summed E-state index contributed by atoms with van der Waals surface area (Å²) in [5, 5.41) is 0. The predicted octanol–water partition coefficient (Wildman–Crippen LogP) is 5.11. The van der Waals surface area contributed by atoms with Gasteiger partial charge < -0.3 is 18.9 Å². The van der Waals surface area contributed by atoms with Crippen molar-refractivity contribution < 1.29 is 28.5 Å². The number of aromatic nitrogens is 1. The third kappa shape index (κ3) is 5.52. The zero-order valence-electron chi connectivity index (χ0n) is 20.6. The summed E-state index contributed by atoms with van der Waals surface area (Å²) in [5.74, 6) is 1.62. The van der Waals surface area contributed by atoms with Crippen LogP contribution in [0.2, 0.25) is 0 Å². The molecule has 4 aromatic rings. The topological polar surface area (TPSA) is 84.0 Å². The summed E-state index contributed by atoms with van der Waals surface area (Å²) in [7, 11) is 3.22. The van der Waals surface area contributed by atoms with E-state index in [1.807, 2.05) is 78.9 Å². The molecule has 0 unspecified atom stereocenters. The van der Waals surface area contributed by atoms with E-state index in [4.69, 9.17) is 18.9 Å². The van der Waals surface area contributed by atoms with Crippen LogP contribution >= 0.6 is 0 Å². The van der Waals surface area contributed by atoms with Crippen molar-refractivity contribution in [3.63, 3.8) is 0 Å². The van der Waals surface area contributed by atoms with E-state index in [0.717, 1.165) is 16.7 Å². The highest BCUT2D eigenvalue weighted by atomic mass is 16.5. The molecule has 0 spiro atoms. The minimum absolute atomic E-state index is 0.117. The summed E-state index contributed by atoms with van der Waals surface area (Å²) < 4.78 is 23.8. The molecule has 0 aliphatic carbocycles. The fourth-order valence-electron chi connectivity index (χ4n) is 4.26. The average molecular weight is 498 g/mol. The van der Waals surface area contributed by atoms with Crippen molar-refractivity contribution in [1.82, 2.24) is 4.98 Å². The van der Waals surface area contributed by atoms with Gasteiger partial charge in [-0.3, -0.25) is 9.59 Å². The van der Waals surface area contributed by atoms with Gasteiger partial charge in [0.25, 0.3) is 0 Å². The number of carbonyl (C=O) groups is 2. The number of methoxy groups -OCH3 is 2. The van der Waals surface area contributed by atoms with Gasteiger partial charge in [-0.15, -0.1) is 0 Å². The number of hydrogen-bond donors (Lipinski definition) is 0. The molecule has 4 rings (SSSR count). The van der Waals surface area contributed by atoms with Crippen molar-refractivity contribution >= 4 is 12.6 Å². The molecular weight excluding hydrogens is 470 g/mol. The van der Waals surface area contributed by atoms with E-state index in [2.05, 4.69) is 4.98 Å². The molecule has 0 radical (unpaired) electrons. The lowest BCUT2D eigenvalue weighted by atomic mass is 9.79. The molecule has 1 aromatic heterocycles. The van der Waals surface area contributed by atoms with Gasteiger partial charge in [0.15, 0.2) is 12.6 Å². The van der Waals surface area contributed by atoms with Gasteiger partial charge in [0.2, 0.25) is 0 Å². The molecule has 0 aliphatic rings. The Hall–Kier alpha value is -4.49. The molecule has 7 nitrogen and oxygen atoms in total. The standard InChI is InChI=1S/C30H27NO6/c1-34-26-13-14-28(29(19-26)35-2)30(22-9-5-3-6-10-22,23-11-7-4-8-12-23)37-16-15-36-27-17-24(20-32)31-25(18-27)21-33/h3-14,17-21H,15-16H2,1-2H3. The van der Waals surface area contributed by atoms with Crippen molar-refractivity contribution in [3.8, 4) is 17.2 Å². The van der Waals surface area contributed by atoms with Crippen molar-refractivity contribution in [2.45, 2.75) is 5.60 Å². The second-order valence-electron chi connectivity index (χ2n) is 8.06. The molecule has 0 saturated carbocycles. The predicted molar refractivity (Wildman–Crippen MR) is 139 cm³/mol. The molecule has 0 fully saturated rings. The molecule has 3 aromatic carbocycles. The first-order chi connectivity index (χ1) is 18.1. The molecule has 0 atom stereocenters. The summed E-state index contributed by atoms with van der Waals surface area (Å²) in [6.45, 7) is 0.328. The van der Waals surface area contributed by atoms with Crippen molar-refractivity contribution in [2.75, 3.05) is 27.4 Å². The van der Waals surface area contributed by atoms with Crippen LogP contribution in [-0.4, -0.2) is 45.0 Å². The Morgan fingerprint density at radius 3 is 1.81 bits per heavy atom. The van der Waals surface area contributed by atoms with Crippen LogP contribution in [0.3, 0.4) is 0 Å². The smallest absolute Gasteiger partial charge is 0.168 e. The summed E-state index contributed by atoms with van der Waals surface area (Å²) in [6, 6.07) is 28.4. The maximum Gasteiger partial charge on any atom is 0.168 e. The number of ether oxygens (including phenoxy) is 4. The highest BCUT2D eigenvalue weighted by Crippen LogP contribution is 2.45. The van der Waals surface area contributed by atoms with E-state index in [1.54, 1.807) is 14.2 Å². The summed E-state index contributed by atoms with van der Waals surface area (Å²) in [6.07, 6.45) is 1.14. The Kier molecular flexibility index (Phi) is 8.28. The monoisotopic (exact) mass is 497 g/mol. The maximum atomic E-state index is 11.2. The van der Waals surface area contributed by atoms with Crippen molar-refractivity contribution in [1.29, 1.82) is 0 Å². The van der Waals surface area contributed by atoms with Gasteiger partial charge in [-0.05, 0) is 23.3 Å². The first-order valence-corrected chi connectivity index (χ1v) is 11.7. The van der Waals surface area contributed by atoms with Crippen LogP contribution in [0.5, 0.6) is 17.2 Å². The van der Waals surface area contributed by atoms with E-state index in [9.17, 15) is 9.59 Å². The van der Waals surface area contributed by atoms with Gasteiger partial charge in [-0.25, -0.2) is 4.98 Å². The van der Waals surface area contributed by atoms with Gasteiger partial charge in [0.1, 0.15) is 40.8 Å². The molecule has 0 bridgehead atoms. The third-order valence-electron chi connectivity index (χ3n) is 5.90. The zero-order chi connectivity index (χ0) is 26.1. The second kappa shape index (κ2) is 12.0. The molecule has 0 N–H and O–H groups in total. The van der Waals surface area contributed by atoms with E-state index in [0.29, 0.717) is 29.8 Å². The first kappa shape index (κ1) is 25.6. The molecule has 0 amide bonds. The summed E-state index contributed by atoms with van der Waals surface area (Å²) in [5.41, 5.74) is 1.80. The zero-order valence-corrected chi connectivity index (χ0v) is 20.6. The number of pyridine rings is 1. The molecule has 7 heteroatoms. The van der Waals surface area contributed by atoms with Crippen LogP contribution in [0.15, 0.2) is 91.0 Å². The van der Waals surface area contributed by atoms with Crippen LogP contribution in [0.4, 0.5) is 0 Å². The largest absolute Gasteiger partial charge is 0.497 e. The number of benzene rings is 3. The van der Waals surface area contributed by atoms with Crippen LogP contribution < -0.4 is 14.2 Å². The van der Waals surface area contributed by atoms with Gasteiger partial charge in [0.05, 0.1) is 20.8 Å². The van der Waals surface area contributed by atoms with Gasteiger partial charge in [-0.1, -0.05) is 60.7 Å². The van der Waals surface area contributed by atoms with Crippen molar-refractivity contribution in [3.05, 3.63) is 119 Å². The van der Waals surface area contributed by atoms with Gasteiger partial charge in [0, 0.05) is 23.8 Å². The quantitative estimate of drug-likeness (QED) is 0.153. The lowest BCUT2D eigenvalue weighted by molar-refractivity contribution is -0.00377. The molecular formula is C30H27NO6. The minimum atomic E-state index is -1.04. The molecule has 188 valence electrons. The van der Waals surface area contributed by atoms with Gasteiger partial charge in [-0.2, -0.15) is 0 Å². The number of aldehydes is 2. The minimum Gasteiger partial charge on any atom is -0.497 e. The Balaban J connectivity index is 1.75. The first-order valence-electron chi connectivity index (χ1n) is 11.7. The Morgan fingerprint density at radius 1 is 0.703 bits per heavy atom. The lowest BCUT2D eigenvalue weighted by Crippen LogP contribution is -2.35. The number of nitrogens with zero attached hydrogens (tertiary/aromatic N) is 1. The van der Waals surface area contributed by atoms with E-state index in [-0.39, 0.29) is 24.6 Å². The Bertz CT molecular complexity index is 1280. The lowest BCUT2D eigenvalue weighted by Gasteiger charge is -2.36.